The van der Waals surface area contributed by atoms with Crippen molar-refractivity contribution in [2.75, 3.05) is 7.11 Å². The third-order valence-electron chi connectivity index (χ3n) is 4.13. The molecule has 1 aliphatic carbocycles. The number of methoxy groups -OCH3 is 1. The largest absolute Gasteiger partial charge is 0.496 e. The second-order valence-electron chi connectivity index (χ2n) is 5.25. The summed E-state index contributed by atoms with van der Waals surface area (Å²) >= 11 is 0. The maximum absolute atomic E-state index is 12.9. The van der Waals surface area contributed by atoms with Gasteiger partial charge in [0.2, 0.25) is 0 Å². The SMILES string of the molecule is COc1cccc2c3c(ccc12)C(=O)c1ccccc1C3=O. The molecule has 0 bridgehead atoms. The maximum atomic E-state index is 12.9. The van der Waals surface area contributed by atoms with Crippen molar-refractivity contribution in [3.8, 4) is 5.75 Å². The van der Waals surface area contributed by atoms with E-state index in [0.717, 1.165) is 10.8 Å². The number of hydrogen-bond acceptors (Lipinski definition) is 3. The number of ketones is 2. The zero-order chi connectivity index (χ0) is 15.3. The molecule has 0 saturated heterocycles. The van der Waals surface area contributed by atoms with Crippen LogP contribution in [0.1, 0.15) is 31.8 Å². The molecule has 0 saturated carbocycles. The Kier molecular flexibility index (Phi) is 2.63. The van der Waals surface area contributed by atoms with Gasteiger partial charge in [0.25, 0.3) is 0 Å². The number of carbonyl (C=O) groups is 2. The van der Waals surface area contributed by atoms with Gasteiger partial charge in [-0.3, -0.25) is 9.59 Å². The molecule has 4 rings (SSSR count). The molecular weight excluding hydrogens is 276 g/mol. The van der Waals surface area contributed by atoms with Gasteiger partial charge in [-0.05, 0) is 23.6 Å². The molecule has 0 heterocycles. The van der Waals surface area contributed by atoms with Gasteiger partial charge in [-0.15, -0.1) is 0 Å². The Bertz CT molecular complexity index is 954. The summed E-state index contributed by atoms with van der Waals surface area (Å²) in [5.41, 5.74) is 1.88. The predicted molar refractivity (Wildman–Crippen MR) is 83.8 cm³/mol. The van der Waals surface area contributed by atoms with Gasteiger partial charge in [-0.25, -0.2) is 0 Å². The van der Waals surface area contributed by atoms with Crippen molar-refractivity contribution in [3.05, 3.63) is 76.9 Å². The molecule has 0 unspecified atom stereocenters. The lowest BCUT2D eigenvalue weighted by atomic mass is 9.81. The van der Waals surface area contributed by atoms with Crippen molar-refractivity contribution in [1.29, 1.82) is 0 Å². The lowest BCUT2D eigenvalue weighted by molar-refractivity contribution is 0.0980. The molecule has 0 aromatic heterocycles. The molecule has 0 fully saturated rings. The molecule has 3 heteroatoms. The summed E-state index contributed by atoms with van der Waals surface area (Å²) in [4.78, 5) is 25.5. The topological polar surface area (TPSA) is 43.4 Å². The third kappa shape index (κ3) is 1.56. The normalized spacial score (nSPS) is 13.0. The van der Waals surface area contributed by atoms with E-state index in [2.05, 4.69) is 0 Å². The van der Waals surface area contributed by atoms with Crippen LogP contribution in [0.25, 0.3) is 10.8 Å². The van der Waals surface area contributed by atoms with E-state index in [0.29, 0.717) is 28.0 Å². The van der Waals surface area contributed by atoms with Crippen LogP contribution in [-0.2, 0) is 0 Å². The fourth-order valence-electron chi connectivity index (χ4n) is 3.10. The molecule has 0 aliphatic heterocycles. The van der Waals surface area contributed by atoms with Crippen molar-refractivity contribution >= 4 is 22.3 Å². The van der Waals surface area contributed by atoms with E-state index in [1.165, 1.54) is 0 Å². The highest BCUT2D eigenvalue weighted by Gasteiger charge is 2.30. The molecular formula is C19H12O3. The second-order valence-corrected chi connectivity index (χ2v) is 5.25. The molecule has 0 spiro atoms. The Labute approximate surface area is 127 Å². The number of hydrogen-bond donors (Lipinski definition) is 0. The van der Waals surface area contributed by atoms with Crippen molar-refractivity contribution in [2.45, 2.75) is 0 Å². The lowest BCUT2D eigenvalue weighted by Crippen LogP contribution is -2.21. The van der Waals surface area contributed by atoms with E-state index >= 15 is 0 Å². The maximum Gasteiger partial charge on any atom is 0.195 e. The number of rotatable bonds is 1. The molecule has 3 aromatic carbocycles. The average Bonchev–Trinajstić information content (AvgIpc) is 2.58. The van der Waals surface area contributed by atoms with Gasteiger partial charge < -0.3 is 4.74 Å². The number of benzene rings is 3. The summed E-state index contributed by atoms with van der Waals surface area (Å²) in [6.45, 7) is 0. The summed E-state index contributed by atoms with van der Waals surface area (Å²) in [5, 5.41) is 1.59. The van der Waals surface area contributed by atoms with Gasteiger partial charge in [0.15, 0.2) is 11.6 Å². The van der Waals surface area contributed by atoms with Crippen LogP contribution in [0.4, 0.5) is 0 Å². The Morgan fingerprint density at radius 2 is 1.41 bits per heavy atom. The van der Waals surface area contributed by atoms with Gasteiger partial charge in [-0.2, -0.15) is 0 Å². The summed E-state index contributed by atoms with van der Waals surface area (Å²) in [6, 6.07) is 16.1. The molecule has 106 valence electrons. The summed E-state index contributed by atoms with van der Waals surface area (Å²) in [7, 11) is 1.59. The van der Waals surface area contributed by atoms with E-state index < -0.39 is 0 Å². The molecule has 0 radical (unpaired) electrons. The van der Waals surface area contributed by atoms with E-state index in [-0.39, 0.29) is 11.6 Å². The number of carbonyl (C=O) groups excluding carboxylic acids is 2. The quantitative estimate of drug-likeness (QED) is 0.537. The fraction of sp³-hybridized carbons (Fsp3) is 0.0526. The van der Waals surface area contributed by atoms with Crippen LogP contribution in [0.3, 0.4) is 0 Å². The van der Waals surface area contributed by atoms with Crippen molar-refractivity contribution in [1.82, 2.24) is 0 Å². The smallest absolute Gasteiger partial charge is 0.195 e. The Balaban J connectivity index is 2.11. The van der Waals surface area contributed by atoms with Crippen LogP contribution >= 0.6 is 0 Å². The first-order valence-electron chi connectivity index (χ1n) is 7.00. The Morgan fingerprint density at radius 3 is 2.14 bits per heavy atom. The summed E-state index contributed by atoms with van der Waals surface area (Å²) < 4.78 is 5.35. The van der Waals surface area contributed by atoms with E-state index in [1.54, 1.807) is 37.4 Å². The third-order valence-corrected chi connectivity index (χ3v) is 4.13. The first kappa shape index (κ1) is 12.8. The zero-order valence-corrected chi connectivity index (χ0v) is 11.9. The Hall–Kier alpha value is -2.94. The van der Waals surface area contributed by atoms with Crippen LogP contribution in [0.2, 0.25) is 0 Å². The van der Waals surface area contributed by atoms with Gasteiger partial charge >= 0.3 is 0 Å². The molecule has 0 N–H and O–H groups in total. The first-order valence-corrected chi connectivity index (χ1v) is 7.00. The van der Waals surface area contributed by atoms with E-state index in [4.69, 9.17) is 4.74 Å². The van der Waals surface area contributed by atoms with Crippen LogP contribution in [0.5, 0.6) is 5.75 Å². The van der Waals surface area contributed by atoms with Crippen LogP contribution in [-0.4, -0.2) is 18.7 Å². The van der Waals surface area contributed by atoms with E-state index in [1.807, 2.05) is 24.3 Å². The van der Waals surface area contributed by atoms with Gasteiger partial charge in [0.1, 0.15) is 5.75 Å². The van der Waals surface area contributed by atoms with Crippen LogP contribution in [0, 0.1) is 0 Å². The van der Waals surface area contributed by atoms with Gasteiger partial charge in [0.05, 0.1) is 7.11 Å². The fourth-order valence-corrected chi connectivity index (χ4v) is 3.10. The van der Waals surface area contributed by atoms with E-state index in [9.17, 15) is 9.59 Å². The average molecular weight is 288 g/mol. The lowest BCUT2D eigenvalue weighted by Gasteiger charge is -2.19. The predicted octanol–water partition coefficient (Wildman–Crippen LogP) is 3.62. The van der Waals surface area contributed by atoms with Gasteiger partial charge in [0, 0.05) is 27.6 Å². The number of fused-ring (bicyclic) bond motifs is 4. The monoisotopic (exact) mass is 288 g/mol. The van der Waals surface area contributed by atoms with Crippen LogP contribution in [0.15, 0.2) is 54.6 Å². The molecule has 3 aromatic rings. The minimum absolute atomic E-state index is 0.102. The molecule has 22 heavy (non-hydrogen) atoms. The highest BCUT2D eigenvalue weighted by molar-refractivity contribution is 6.32. The standard InChI is InChI=1S/C19H12O3/c1-22-16-8-4-7-12-11(16)9-10-15-17(12)19(21)14-6-3-2-5-13(14)18(15)20/h2-10H,1H3. The molecule has 0 amide bonds. The highest BCUT2D eigenvalue weighted by atomic mass is 16.5. The highest BCUT2D eigenvalue weighted by Crippen LogP contribution is 2.35. The van der Waals surface area contributed by atoms with Gasteiger partial charge in [-0.1, -0.05) is 36.4 Å². The second kappa shape index (κ2) is 4.53. The molecule has 1 aliphatic rings. The van der Waals surface area contributed by atoms with Crippen molar-refractivity contribution in [2.24, 2.45) is 0 Å². The molecule has 3 nitrogen and oxygen atoms in total. The Morgan fingerprint density at radius 1 is 0.682 bits per heavy atom. The summed E-state index contributed by atoms with van der Waals surface area (Å²) in [5.74, 6) is 0.485. The number of ether oxygens (including phenoxy) is 1. The minimum atomic E-state index is -0.107. The van der Waals surface area contributed by atoms with Crippen molar-refractivity contribution < 1.29 is 14.3 Å². The zero-order valence-electron chi connectivity index (χ0n) is 11.9. The minimum Gasteiger partial charge on any atom is -0.496 e. The summed E-state index contributed by atoms with van der Waals surface area (Å²) in [6.07, 6.45) is 0. The molecule has 0 atom stereocenters. The van der Waals surface area contributed by atoms with Crippen molar-refractivity contribution in [3.63, 3.8) is 0 Å². The first-order chi connectivity index (χ1) is 10.7. The van der Waals surface area contributed by atoms with Crippen LogP contribution < -0.4 is 4.74 Å².